The van der Waals surface area contributed by atoms with Crippen LogP contribution < -0.4 is 5.32 Å². The first-order chi connectivity index (χ1) is 7.28. The molecule has 0 radical (unpaired) electrons. The number of aryl methyl sites for hydroxylation is 1. The van der Waals surface area contributed by atoms with E-state index >= 15 is 0 Å². The van der Waals surface area contributed by atoms with Gasteiger partial charge >= 0.3 is 0 Å². The molecule has 1 aromatic rings. The Balaban J connectivity index is 1.78. The van der Waals surface area contributed by atoms with E-state index in [-0.39, 0.29) is 0 Å². The van der Waals surface area contributed by atoms with Crippen LogP contribution in [0.4, 0.5) is 0 Å². The van der Waals surface area contributed by atoms with E-state index in [0.29, 0.717) is 5.54 Å². The summed E-state index contributed by atoms with van der Waals surface area (Å²) in [5, 5.41) is 16.0. The van der Waals surface area contributed by atoms with Crippen molar-refractivity contribution >= 4 is 0 Å². The van der Waals surface area contributed by atoms with Crippen LogP contribution in [0.5, 0.6) is 0 Å². The minimum Gasteiger partial charge on any atom is -0.311 e. The van der Waals surface area contributed by atoms with Gasteiger partial charge < -0.3 is 5.32 Å². The van der Waals surface area contributed by atoms with Gasteiger partial charge in [0.2, 0.25) is 0 Å². The number of tetrazole rings is 1. The Labute approximate surface area is 89.2 Å². The van der Waals surface area contributed by atoms with Crippen LogP contribution in [0.25, 0.3) is 0 Å². The third-order valence-electron chi connectivity index (χ3n) is 3.66. The fraction of sp³-hybridized carbons (Fsp3) is 0.900. The van der Waals surface area contributed by atoms with E-state index in [1.165, 1.54) is 25.7 Å². The van der Waals surface area contributed by atoms with Crippen LogP contribution in [0.3, 0.4) is 0 Å². The van der Waals surface area contributed by atoms with Gasteiger partial charge in [-0.15, -0.1) is 10.2 Å². The van der Waals surface area contributed by atoms with E-state index < -0.39 is 0 Å². The molecule has 1 aromatic heterocycles. The molecule has 2 fully saturated rings. The van der Waals surface area contributed by atoms with Gasteiger partial charge in [0.25, 0.3) is 0 Å². The van der Waals surface area contributed by atoms with Crippen molar-refractivity contribution in [1.29, 1.82) is 0 Å². The molecule has 0 bridgehead atoms. The lowest BCUT2D eigenvalue weighted by Crippen LogP contribution is -2.44. The van der Waals surface area contributed by atoms with Gasteiger partial charge in [-0.05, 0) is 43.4 Å². The molecule has 82 valence electrons. The van der Waals surface area contributed by atoms with E-state index in [4.69, 9.17) is 0 Å². The second kappa shape index (κ2) is 3.27. The highest BCUT2D eigenvalue weighted by molar-refractivity contribution is 5.08. The van der Waals surface area contributed by atoms with Crippen molar-refractivity contribution in [3.8, 4) is 0 Å². The van der Waals surface area contributed by atoms with Gasteiger partial charge in [-0.1, -0.05) is 0 Å². The normalized spacial score (nSPS) is 31.0. The van der Waals surface area contributed by atoms with Crippen LogP contribution in [-0.4, -0.2) is 32.3 Å². The van der Waals surface area contributed by atoms with Crippen LogP contribution in [0, 0.1) is 5.92 Å². The molecule has 5 heteroatoms. The monoisotopic (exact) mass is 207 g/mol. The Bertz CT molecular complexity index is 348. The number of hydrogen-bond acceptors (Lipinski definition) is 4. The number of nitrogens with one attached hydrogen (secondary N) is 1. The summed E-state index contributed by atoms with van der Waals surface area (Å²) in [5.74, 6) is 1.74. The van der Waals surface area contributed by atoms with E-state index in [2.05, 4.69) is 20.7 Å². The topological polar surface area (TPSA) is 55.6 Å². The van der Waals surface area contributed by atoms with Crippen molar-refractivity contribution < 1.29 is 0 Å². The van der Waals surface area contributed by atoms with Crippen molar-refractivity contribution in [2.45, 2.75) is 37.6 Å². The number of hydrogen-bond donors (Lipinski definition) is 1. The molecule has 15 heavy (non-hydrogen) atoms. The first-order valence-electron chi connectivity index (χ1n) is 5.76. The average molecular weight is 207 g/mol. The SMILES string of the molecule is Cn1nnc(CC2(C3CC3)CCCN2)n1. The maximum atomic E-state index is 4.28. The molecule has 0 aromatic carbocycles. The summed E-state index contributed by atoms with van der Waals surface area (Å²) in [6, 6.07) is 0. The Morgan fingerprint density at radius 1 is 1.53 bits per heavy atom. The van der Waals surface area contributed by atoms with Gasteiger partial charge in [-0.3, -0.25) is 0 Å². The highest BCUT2D eigenvalue weighted by Crippen LogP contribution is 2.45. The van der Waals surface area contributed by atoms with Gasteiger partial charge in [0.05, 0.1) is 7.05 Å². The third-order valence-corrected chi connectivity index (χ3v) is 3.66. The van der Waals surface area contributed by atoms with Crippen molar-refractivity contribution in [3.63, 3.8) is 0 Å². The molecule has 1 aliphatic heterocycles. The first kappa shape index (κ1) is 9.27. The van der Waals surface area contributed by atoms with Crippen molar-refractivity contribution in [2.24, 2.45) is 13.0 Å². The summed E-state index contributed by atoms with van der Waals surface area (Å²) >= 11 is 0. The largest absolute Gasteiger partial charge is 0.311 e. The molecule has 2 heterocycles. The van der Waals surface area contributed by atoms with E-state index in [1.807, 2.05) is 7.05 Å². The van der Waals surface area contributed by atoms with Crippen LogP contribution in [0.1, 0.15) is 31.5 Å². The lowest BCUT2D eigenvalue weighted by molar-refractivity contribution is 0.317. The zero-order valence-electron chi connectivity index (χ0n) is 9.11. The Morgan fingerprint density at radius 3 is 2.93 bits per heavy atom. The highest BCUT2D eigenvalue weighted by Gasteiger charge is 2.47. The molecule has 1 saturated heterocycles. The zero-order chi connectivity index (χ0) is 10.3. The lowest BCUT2D eigenvalue weighted by Gasteiger charge is -2.28. The summed E-state index contributed by atoms with van der Waals surface area (Å²) in [5.41, 5.74) is 0.295. The van der Waals surface area contributed by atoms with Crippen molar-refractivity contribution in [3.05, 3.63) is 5.82 Å². The first-order valence-corrected chi connectivity index (χ1v) is 5.76. The third kappa shape index (κ3) is 1.65. The molecular formula is C10H17N5. The second-order valence-corrected chi connectivity index (χ2v) is 4.83. The van der Waals surface area contributed by atoms with Crippen LogP contribution >= 0.6 is 0 Å². The average Bonchev–Trinajstić information content (AvgIpc) is 2.86. The van der Waals surface area contributed by atoms with E-state index in [1.54, 1.807) is 4.80 Å². The minimum absolute atomic E-state index is 0.295. The smallest absolute Gasteiger partial charge is 0.176 e. The minimum atomic E-state index is 0.295. The summed E-state index contributed by atoms with van der Waals surface area (Å²) < 4.78 is 0. The molecule has 1 saturated carbocycles. The second-order valence-electron chi connectivity index (χ2n) is 4.83. The molecule has 3 rings (SSSR count). The summed E-state index contributed by atoms with van der Waals surface area (Å²) in [6.45, 7) is 1.15. The predicted molar refractivity (Wildman–Crippen MR) is 55.2 cm³/mol. The van der Waals surface area contributed by atoms with E-state index in [9.17, 15) is 0 Å². The van der Waals surface area contributed by atoms with E-state index in [0.717, 1.165) is 24.7 Å². The molecule has 1 N–H and O–H groups in total. The van der Waals surface area contributed by atoms with Gasteiger partial charge in [0.1, 0.15) is 0 Å². The Morgan fingerprint density at radius 2 is 2.40 bits per heavy atom. The molecule has 1 aliphatic carbocycles. The van der Waals surface area contributed by atoms with Crippen LogP contribution in [0.15, 0.2) is 0 Å². The molecule has 1 unspecified atom stereocenters. The van der Waals surface area contributed by atoms with Crippen LogP contribution in [-0.2, 0) is 13.5 Å². The fourth-order valence-electron chi connectivity index (χ4n) is 2.79. The number of nitrogens with zero attached hydrogens (tertiary/aromatic N) is 4. The zero-order valence-corrected chi connectivity index (χ0v) is 9.11. The number of aromatic nitrogens is 4. The maximum Gasteiger partial charge on any atom is 0.176 e. The van der Waals surface area contributed by atoms with Crippen molar-refractivity contribution in [1.82, 2.24) is 25.5 Å². The lowest BCUT2D eigenvalue weighted by atomic mass is 9.87. The molecular weight excluding hydrogens is 190 g/mol. The van der Waals surface area contributed by atoms with Gasteiger partial charge in [-0.25, -0.2) is 0 Å². The predicted octanol–water partition coefficient (Wildman–Crippen LogP) is 0.285. The molecule has 1 atom stereocenters. The fourth-order valence-corrected chi connectivity index (χ4v) is 2.79. The molecule has 0 amide bonds. The summed E-state index contributed by atoms with van der Waals surface area (Å²) in [7, 11) is 1.82. The molecule has 5 nitrogen and oxygen atoms in total. The van der Waals surface area contributed by atoms with Gasteiger partial charge in [-0.2, -0.15) is 4.80 Å². The van der Waals surface area contributed by atoms with Gasteiger partial charge in [0, 0.05) is 12.0 Å². The highest BCUT2D eigenvalue weighted by atomic mass is 15.6. The maximum absolute atomic E-state index is 4.28. The molecule has 0 spiro atoms. The Kier molecular flexibility index (Phi) is 2.02. The summed E-state index contributed by atoms with van der Waals surface area (Å²) in [4.78, 5) is 1.55. The standard InChI is InChI=1S/C10H17N5/c1-15-13-9(12-14-15)7-10(8-3-4-8)5-2-6-11-10/h8,11H,2-7H2,1H3. The van der Waals surface area contributed by atoms with Gasteiger partial charge in [0.15, 0.2) is 5.82 Å². The molecule has 2 aliphatic rings. The quantitative estimate of drug-likeness (QED) is 0.773. The Hall–Kier alpha value is -0.970. The van der Waals surface area contributed by atoms with Crippen LogP contribution in [0.2, 0.25) is 0 Å². The number of rotatable bonds is 3. The van der Waals surface area contributed by atoms with Crippen molar-refractivity contribution in [2.75, 3.05) is 6.54 Å². The summed E-state index contributed by atoms with van der Waals surface area (Å²) in [6.07, 6.45) is 6.25.